The van der Waals surface area contributed by atoms with Gasteiger partial charge in [-0.3, -0.25) is 9.69 Å². The topological polar surface area (TPSA) is 71.1 Å². The van der Waals surface area contributed by atoms with Crippen LogP contribution in [0.3, 0.4) is 0 Å². The van der Waals surface area contributed by atoms with Crippen molar-refractivity contribution in [2.75, 3.05) is 45.3 Å². The maximum absolute atomic E-state index is 12.4. The first-order valence-electron chi connectivity index (χ1n) is 7.19. The third-order valence-corrected chi connectivity index (χ3v) is 3.78. The Hall–Kier alpha value is -1.83. The number of carbonyl (C=O) groups is 2. The molecule has 0 radical (unpaired) electrons. The van der Waals surface area contributed by atoms with Crippen LogP contribution in [0, 0.1) is 0 Å². The summed E-state index contributed by atoms with van der Waals surface area (Å²) in [6.45, 7) is 1.23. The van der Waals surface area contributed by atoms with E-state index in [0.717, 1.165) is 5.69 Å². The summed E-state index contributed by atoms with van der Waals surface area (Å²) in [5.41, 5.74) is 0.726. The first-order valence-corrected chi connectivity index (χ1v) is 7.57. The summed E-state index contributed by atoms with van der Waals surface area (Å²) < 4.78 is 9.98. The van der Waals surface area contributed by atoms with E-state index in [1.54, 1.807) is 23.1 Å². The first kappa shape index (κ1) is 17.5. The number of ether oxygens (including phenoxy) is 2. The minimum atomic E-state index is -0.504. The van der Waals surface area contributed by atoms with Crippen LogP contribution in [-0.4, -0.2) is 63.5 Å². The molecule has 1 saturated heterocycles. The summed E-state index contributed by atoms with van der Waals surface area (Å²) in [6.07, 6.45) is -0.504. The largest absolute Gasteiger partial charge is 0.354 e. The SMILES string of the molecule is COC(CNC(=O)CN1CCN(c2cccc(Cl)c2)C1=O)OC. The molecule has 126 valence electrons. The maximum Gasteiger partial charge on any atom is 0.325 e. The summed E-state index contributed by atoms with van der Waals surface area (Å²) in [4.78, 5) is 27.4. The number of rotatable bonds is 7. The Bertz CT molecular complexity index is 565. The Morgan fingerprint density at radius 1 is 1.35 bits per heavy atom. The van der Waals surface area contributed by atoms with Gasteiger partial charge in [-0.2, -0.15) is 0 Å². The highest BCUT2D eigenvalue weighted by molar-refractivity contribution is 6.30. The molecule has 1 heterocycles. The number of methoxy groups -OCH3 is 2. The van der Waals surface area contributed by atoms with Crippen molar-refractivity contribution in [3.8, 4) is 0 Å². The van der Waals surface area contributed by atoms with Crippen molar-refractivity contribution >= 4 is 29.2 Å². The van der Waals surface area contributed by atoms with Gasteiger partial charge in [0.05, 0.1) is 6.54 Å². The monoisotopic (exact) mass is 341 g/mol. The second-order valence-corrected chi connectivity index (χ2v) is 5.48. The predicted octanol–water partition coefficient (Wildman–Crippen LogP) is 1.32. The van der Waals surface area contributed by atoms with Gasteiger partial charge in [0.15, 0.2) is 6.29 Å². The molecule has 0 saturated carbocycles. The molecular formula is C15H20ClN3O4. The molecule has 23 heavy (non-hydrogen) atoms. The van der Waals surface area contributed by atoms with Gasteiger partial charge < -0.3 is 19.7 Å². The molecule has 0 spiro atoms. The van der Waals surface area contributed by atoms with E-state index in [0.29, 0.717) is 18.1 Å². The molecule has 0 atom stereocenters. The number of hydrogen-bond donors (Lipinski definition) is 1. The van der Waals surface area contributed by atoms with Gasteiger partial charge in [0.2, 0.25) is 5.91 Å². The number of carbonyl (C=O) groups excluding carboxylic acids is 2. The fourth-order valence-corrected chi connectivity index (χ4v) is 2.49. The van der Waals surface area contributed by atoms with E-state index in [1.165, 1.54) is 19.1 Å². The van der Waals surface area contributed by atoms with Crippen LogP contribution < -0.4 is 10.2 Å². The normalized spacial score (nSPS) is 14.7. The molecule has 1 aliphatic heterocycles. The van der Waals surface area contributed by atoms with Gasteiger partial charge in [-0.25, -0.2) is 4.79 Å². The third kappa shape index (κ3) is 4.57. The molecular weight excluding hydrogens is 322 g/mol. The zero-order valence-electron chi connectivity index (χ0n) is 13.1. The van der Waals surface area contributed by atoms with Crippen molar-refractivity contribution in [3.05, 3.63) is 29.3 Å². The quantitative estimate of drug-likeness (QED) is 0.759. The van der Waals surface area contributed by atoms with E-state index in [2.05, 4.69) is 5.32 Å². The number of anilines is 1. The molecule has 1 fully saturated rings. The molecule has 0 aromatic heterocycles. The Morgan fingerprint density at radius 2 is 2.09 bits per heavy atom. The minimum Gasteiger partial charge on any atom is -0.354 e. The summed E-state index contributed by atoms with van der Waals surface area (Å²) in [5.74, 6) is -0.259. The van der Waals surface area contributed by atoms with Gasteiger partial charge >= 0.3 is 6.03 Å². The highest BCUT2D eigenvalue weighted by Crippen LogP contribution is 2.23. The zero-order valence-corrected chi connectivity index (χ0v) is 13.9. The zero-order chi connectivity index (χ0) is 16.8. The minimum absolute atomic E-state index is 0.00392. The average molecular weight is 342 g/mol. The molecule has 8 heteroatoms. The molecule has 3 amide bonds. The number of benzene rings is 1. The van der Waals surface area contributed by atoms with E-state index in [1.807, 2.05) is 6.07 Å². The molecule has 0 bridgehead atoms. The number of nitrogens with zero attached hydrogens (tertiary/aromatic N) is 2. The van der Waals surface area contributed by atoms with E-state index < -0.39 is 6.29 Å². The summed E-state index contributed by atoms with van der Waals surface area (Å²) in [5, 5.41) is 3.24. The Balaban J connectivity index is 1.88. The van der Waals surface area contributed by atoms with Gasteiger partial charge in [-0.1, -0.05) is 17.7 Å². The van der Waals surface area contributed by atoms with Crippen LogP contribution in [0.4, 0.5) is 10.5 Å². The lowest BCUT2D eigenvalue weighted by molar-refractivity contribution is -0.127. The molecule has 1 aromatic rings. The summed E-state index contributed by atoms with van der Waals surface area (Å²) in [6, 6.07) is 6.87. The first-order chi connectivity index (χ1) is 11.0. The Kier molecular flexibility index (Phi) is 6.20. The smallest absolute Gasteiger partial charge is 0.325 e. The number of hydrogen-bond acceptors (Lipinski definition) is 4. The number of urea groups is 1. The van der Waals surface area contributed by atoms with Crippen molar-refractivity contribution < 1.29 is 19.1 Å². The molecule has 0 unspecified atom stereocenters. The fraction of sp³-hybridized carbons (Fsp3) is 0.467. The molecule has 2 rings (SSSR count). The van der Waals surface area contributed by atoms with Crippen LogP contribution in [0.15, 0.2) is 24.3 Å². The lowest BCUT2D eigenvalue weighted by Crippen LogP contribution is -2.42. The van der Waals surface area contributed by atoms with Gasteiger partial charge in [-0.05, 0) is 18.2 Å². The van der Waals surface area contributed by atoms with Crippen LogP contribution in [0.5, 0.6) is 0 Å². The van der Waals surface area contributed by atoms with E-state index in [9.17, 15) is 9.59 Å². The lowest BCUT2D eigenvalue weighted by atomic mass is 10.3. The maximum atomic E-state index is 12.4. The Morgan fingerprint density at radius 3 is 2.74 bits per heavy atom. The number of amides is 3. The van der Waals surface area contributed by atoms with Gasteiger partial charge in [0, 0.05) is 38.0 Å². The Labute approximate surface area is 140 Å². The van der Waals surface area contributed by atoms with Gasteiger partial charge in [-0.15, -0.1) is 0 Å². The van der Waals surface area contributed by atoms with Crippen LogP contribution in [-0.2, 0) is 14.3 Å². The highest BCUT2D eigenvalue weighted by atomic mass is 35.5. The van der Waals surface area contributed by atoms with Crippen LogP contribution in [0.1, 0.15) is 0 Å². The van der Waals surface area contributed by atoms with Crippen molar-refractivity contribution in [2.45, 2.75) is 6.29 Å². The van der Waals surface area contributed by atoms with Crippen molar-refractivity contribution in [3.63, 3.8) is 0 Å². The molecule has 1 aromatic carbocycles. The van der Waals surface area contributed by atoms with Gasteiger partial charge in [0.25, 0.3) is 0 Å². The molecule has 1 N–H and O–H groups in total. The van der Waals surface area contributed by atoms with E-state index in [4.69, 9.17) is 21.1 Å². The summed E-state index contributed by atoms with van der Waals surface area (Å²) >= 11 is 5.95. The molecule has 1 aliphatic rings. The highest BCUT2D eigenvalue weighted by Gasteiger charge is 2.30. The van der Waals surface area contributed by atoms with Crippen LogP contribution >= 0.6 is 11.6 Å². The van der Waals surface area contributed by atoms with E-state index in [-0.39, 0.29) is 25.0 Å². The fourth-order valence-electron chi connectivity index (χ4n) is 2.30. The van der Waals surface area contributed by atoms with Crippen LogP contribution in [0.25, 0.3) is 0 Å². The number of nitrogens with one attached hydrogen (secondary N) is 1. The lowest BCUT2D eigenvalue weighted by Gasteiger charge is -2.19. The van der Waals surface area contributed by atoms with Crippen molar-refractivity contribution in [1.29, 1.82) is 0 Å². The second kappa shape index (κ2) is 8.14. The average Bonchev–Trinajstić information content (AvgIpc) is 2.89. The van der Waals surface area contributed by atoms with Crippen molar-refractivity contribution in [1.82, 2.24) is 10.2 Å². The predicted molar refractivity (Wildman–Crippen MR) is 86.6 cm³/mol. The summed E-state index contributed by atoms with van der Waals surface area (Å²) in [7, 11) is 2.99. The van der Waals surface area contributed by atoms with E-state index >= 15 is 0 Å². The molecule has 7 nitrogen and oxygen atoms in total. The van der Waals surface area contributed by atoms with Crippen LogP contribution in [0.2, 0.25) is 5.02 Å². The molecule has 0 aliphatic carbocycles. The third-order valence-electron chi connectivity index (χ3n) is 3.54. The van der Waals surface area contributed by atoms with Gasteiger partial charge in [0.1, 0.15) is 6.54 Å². The number of halogens is 1. The standard InChI is InChI=1S/C15H20ClN3O4/c1-22-14(23-2)9-17-13(20)10-18-6-7-19(15(18)21)12-5-3-4-11(16)8-12/h3-5,8,14H,6-7,9-10H2,1-2H3,(H,17,20). The van der Waals surface area contributed by atoms with Crippen molar-refractivity contribution in [2.24, 2.45) is 0 Å². The second-order valence-electron chi connectivity index (χ2n) is 5.04.